The van der Waals surface area contributed by atoms with Crippen LogP contribution in [0, 0.1) is 4.91 Å². The number of pyridine rings is 1. The molecule has 0 spiro atoms. The van der Waals surface area contributed by atoms with Gasteiger partial charge in [0.05, 0.1) is 0 Å². The average molecular weight is 180 g/mol. The van der Waals surface area contributed by atoms with Gasteiger partial charge in [-0.05, 0) is 17.4 Å². The molecule has 1 aromatic heterocycles. The maximum absolute atomic E-state index is 10.5. The number of carboxylic acid groups (broad SMARTS) is 1. The molecular formula is C6H4N4O3. The van der Waals surface area contributed by atoms with Gasteiger partial charge in [-0.25, -0.2) is 9.78 Å². The molecule has 1 heterocycles. The molecule has 13 heavy (non-hydrogen) atoms. The van der Waals surface area contributed by atoms with Crippen LogP contribution in [0.1, 0.15) is 10.5 Å². The number of rotatable bonds is 3. The van der Waals surface area contributed by atoms with Crippen molar-refractivity contribution in [1.82, 2.24) is 4.98 Å². The summed E-state index contributed by atoms with van der Waals surface area (Å²) >= 11 is 0. The number of hydrogen-bond acceptors (Lipinski definition) is 4. The molecule has 1 N–H and O–H groups in total. The molecule has 0 aliphatic heterocycles. The highest BCUT2D eigenvalue weighted by atomic mass is 16.4. The summed E-state index contributed by atoms with van der Waals surface area (Å²) in [5.41, 5.74) is -0.274. The van der Waals surface area contributed by atoms with Crippen molar-refractivity contribution in [2.75, 3.05) is 0 Å². The minimum atomic E-state index is -1.24. The number of aromatic nitrogens is 1. The molecule has 1 rings (SSSR count). The summed E-state index contributed by atoms with van der Waals surface area (Å²) < 4.78 is 0. The summed E-state index contributed by atoms with van der Waals surface area (Å²) in [6.45, 7) is 0. The van der Waals surface area contributed by atoms with E-state index in [2.05, 4.69) is 20.6 Å². The predicted octanol–water partition coefficient (Wildman–Crippen LogP) is 1.54. The van der Waals surface area contributed by atoms with Crippen molar-refractivity contribution in [2.45, 2.75) is 0 Å². The van der Waals surface area contributed by atoms with Crippen LogP contribution in [0.4, 0.5) is 5.69 Å². The first-order valence-electron chi connectivity index (χ1n) is 3.17. The Labute approximate surface area is 72.1 Å². The van der Waals surface area contributed by atoms with Gasteiger partial charge >= 0.3 is 5.97 Å². The average Bonchev–Trinajstić information content (AvgIpc) is 2.15. The first kappa shape index (κ1) is 8.91. The molecule has 0 unspecified atom stereocenters. The monoisotopic (exact) mass is 180 g/mol. The second kappa shape index (κ2) is 4.00. The van der Waals surface area contributed by atoms with Crippen LogP contribution >= 0.6 is 0 Å². The van der Waals surface area contributed by atoms with Crippen molar-refractivity contribution >= 4 is 11.7 Å². The quantitative estimate of drug-likeness (QED) is 0.432. The van der Waals surface area contributed by atoms with Gasteiger partial charge in [0, 0.05) is 6.20 Å². The number of nitrogens with zero attached hydrogens (tertiary/aromatic N) is 4. The number of nitroso groups, excluding NO2 is 1. The molecule has 1 aromatic rings. The van der Waals surface area contributed by atoms with Crippen molar-refractivity contribution in [3.8, 4) is 0 Å². The zero-order valence-corrected chi connectivity index (χ0v) is 6.28. The Morgan fingerprint density at radius 3 is 2.92 bits per heavy atom. The van der Waals surface area contributed by atoms with E-state index in [0.717, 1.165) is 0 Å². The highest BCUT2D eigenvalue weighted by Crippen LogP contribution is 2.16. The van der Waals surface area contributed by atoms with Crippen LogP contribution in [-0.4, -0.2) is 16.1 Å². The van der Waals surface area contributed by atoms with E-state index in [9.17, 15) is 9.70 Å². The third-order valence-electron chi connectivity index (χ3n) is 1.18. The van der Waals surface area contributed by atoms with Gasteiger partial charge in [0.2, 0.25) is 0 Å². The lowest BCUT2D eigenvalue weighted by Crippen LogP contribution is -1.99. The highest BCUT2D eigenvalue weighted by Gasteiger charge is 2.09. The fraction of sp³-hybridized carbons (Fsp3) is 0. The van der Waals surface area contributed by atoms with E-state index in [1.54, 1.807) is 0 Å². The van der Waals surface area contributed by atoms with Gasteiger partial charge in [0.1, 0.15) is 11.0 Å². The normalized spacial score (nSPS) is 10.2. The van der Waals surface area contributed by atoms with Gasteiger partial charge in [-0.1, -0.05) is 0 Å². The van der Waals surface area contributed by atoms with E-state index in [0.29, 0.717) is 0 Å². The van der Waals surface area contributed by atoms with Crippen LogP contribution in [-0.2, 0) is 0 Å². The molecule has 0 aliphatic rings. The van der Waals surface area contributed by atoms with E-state index in [4.69, 9.17) is 5.11 Å². The lowest BCUT2D eigenvalue weighted by Gasteiger charge is -1.94. The molecule has 0 saturated heterocycles. The van der Waals surface area contributed by atoms with Gasteiger partial charge in [0.15, 0.2) is 5.69 Å². The van der Waals surface area contributed by atoms with Crippen LogP contribution in [0.15, 0.2) is 34.0 Å². The number of hydrogen-bond donors (Lipinski definition) is 1. The molecule has 0 bridgehead atoms. The van der Waals surface area contributed by atoms with E-state index >= 15 is 0 Å². The molecule has 0 aromatic carbocycles. The maximum Gasteiger partial charge on any atom is 0.356 e. The lowest BCUT2D eigenvalue weighted by atomic mass is 10.3. The predicted molar refractivity (Wildman–Crippen MR) is 41.5 cm³/mol. The smallest absolute Gasteiger partial charge is 0.356 e. The number of carbonyl (C=O) groups is 1. The third kappa shape index (κ3) is 2.12. The Balaban J connectivity index is 3.11. The van der Waals surface area contributed by atoms with Gasteiger partial charge in [-0.3, -0.25) is 0 Å². The molecule has 66 valence electrons. The summed E-state index contributed by atoms with van der Waals surface area (Å²) in [5, 5.41) is 16.7. The Bertz CT molecular complexity index is 363. The summed E-state index contributed by atoms with van der Waals surface area (Å²) in [7, 11) is 0. The van der Waals surface area contributed by atoms with Crippen LogP contribution in [0.2, 0.25) is 0 Å². The SMILES string of the molecule is O=NN=Nc1cccnc1C(=O)O. The second-order valence-electron chi connectivity index (χ2n) is 1.95. The van der Waals surface area contributed by atoms with Gasteiger partial charge in [-0.2, -0.15) is 0 Å². The van der Waals surface area contributed by atoms with Crippen molar-refractivity contribution < 1.29 is 9.90 Å². The first-order chi connectivity index (χ1) is 6.25. The van der Waals surface area contributed by atoms with Crippen LogP contribution in [0.25, 0.3) is 0 Å². The van der Waals surface area contributed by atoms with Crippen molar-refractivity contribution in [3.05, 3.63) is 28.9 Å². The number of carboxylic acids is 1. The van der Waals surface area contributed by atoms with Gasteiger partial charge < -0.3 is 5.11 Å². The summed E-state index contributed by atoms with van der Waals surface area (Å²) in [6.07, 6.45) is 1.30. The molecular weight excluding hydrogens is 176 g/mol. The van der Waals surface area contributed by atoms with Crippen LogP contribution < -0.4 is 0 Å². The molecule has 0 amide bonds. The molecule has 0 radical (unpaired) electrons. The molecule has 0 atom stereocenters. The maximum atomic E-state index is 10.5. The zero-order valence-electron chi connectivity index (χ0n) is 6.28. The van der Waals surface area contributed by atoms with E-state index in [1.165, 1.54) is 18.3 Å². The third-order valence-corrected chi connectivity index (χ3v) is 1.18. The van der Waals surface area contributed by atoms with Crippen LogP contribution in [0.3, 0.4) is 0 Å². The second-order valence-corrected chi connectivity index (χ2v) is 1.95. The summed E-state index contributed by atoms with van der Waals surface area (Å²) in [5.74, 6) is -1.24. The van der Waals surface area contributed by atoms with E-state index in [-0.39, 0.29) is 11.4 Å². The summed E-state index contributed by atoms with van der Waals surface area (Å²) in [4.78, 5) is 23.6. The van der Waals surface area contributed by atoms with E-state index < -0.39 is 5.97 Å². The molecule has 0 saturated carbocycles. The summed E-state index contributed by atoms with van der Waals surface area (Å²) in [6, 6.07) is 2.84. The minimum absolute atomic E-state index is 0.00500. The molecule has 0 fully saturated rings. The molecule has 7 nitrogen and oxygen atoms in total. The fourth-order valence-electron chi connectivity index (χ4n) is 0.709. The largest absolute Gasteiger partial charge is 0.476 e. The highest BCUT2D eigenvalue weighted by molar-refractivity contribution is 5.90. The van der Waals surface area contributed by atoms with Gasteiger partial charge in [-0.15, -0.1) is 10.0 Å². The molecule has 7 heteroatoms. The van der Waals surface area contributed by atoms with E-state index in [1.807, 2.05) is 0 Å². The Hall–Kier alpha value is -2.18. The fourth-order valence-corrected chi connectivity index (χ4v) is 0.709. The zero-order chi connectivity index (χ0) is 9.68. The number of aromatic carboxylic acids is 1. The Kier molecular flexibility index (Phi) is 2.74. The van der Waals surface area contributed by atoms with Gasteiger partial charge in [0.25, 0.3) is 0 Å². The van der Waals surface area contributed by atoms with Crippen molar-refractivity contribution in [3.63, 3.8) is 0 Å². The van der Waals surface area contributed by atoms with Crippen molar-refractivity contribution in [1.29, 1.82) is 0 Å². The Morgan fingerprint density at radius 1 is 1.54 bits per heavy atom. The standard InChI is InChI=1S/C6H4N4O3/c11-6(12)5-4(8-9-10-13)2-1-3-7-5/h1-3H,(H,11,12). The molecule has 0 aliphatic carbocycles. The minimum Gasteiger partial charge on any atom is -0.476 e. The van der Waals surface area contributed by atoms with Crippen LogP contribution in [0.5, 0.6) is 0 Å². The lowest BCUT2D eigenvalue weighted by molar-refractivity contribution is 0.0691. The van der Waals surface area contributed by atoms with Crippen molar-refractivity contribution in [2.24, 2.45) is 15.6 Å². The topological polar surface area (TPSA) is 104 Å². The first-order valence-corrected chi connectivity index (χ1v) is 3.17. The Morgan fingerprint density at radius 2 is 2.31 bits per heavy atom.